The van der Waals surface area contributed by atoms with Crippen molar-refractivity contribution in [3.05, 3.63) is 82.2 Å². The lowest BCUT2D eigenvalue weighted by molar-refractivity contribution is -0.146. The van der Waals surface area contributed by atoms with Crippen molar-refractivity contribution in [2.24, 2.45) is 0 Å². The fraction of sp³-hybridized carbons (Fsp3) is 0.419. The molecule has 0 radical (unpaired) electrons. The van der Waals surface area contributed by atoms with Crippen LogP contribution >= 0.6 is 0 Å². The Hall–Kier alpha value is -3.54. The van der Waals surface area contributed by atoms with Crippen molar-refractivity contribution in [3.8, 4) is 11.5 Å². The Kier molecular flexibility index (Phi) is 7.36. The van der Waals surface area contributed by atoms with Crippen LogP contribution in [0.1, 0.15) is 74.8 Å². The van der Waals surface area contributed by atoms with Gasteiger partial charge in [0.2, 0.25) is 0 Å². The van der Waals surface area contributed by atoms with Crippen LogP contribution in [0.2, 0.25) is 0 Å². The number of nitrogens with one attached hydrogen (secondary N) is 1. The molecular weight excluding hydrogens is 466 g/mol. The third-order valence-corrected chi connectivity index (χ3v) is 7.90. The van der Waals surface area contributed by atoms with Crippen molar-refractivity contribution in [3.63, 3.8) is 0 Å². The van der Waals surface area contributed by atoms with E-state index in [9.17, 15) is 9.59 Å². The molecule has 1 fully saturated rings. The fourth-order valence-electron chi connectivity index (χ4n) is 6.04. The molecule has 2 atom stereocenters. The number of hydrogen-bond acceptors (Lipinski definition) is 6. The number of methoxy groups -OCH3 is 2. The standard InChI is InChI=1S/C31H35NO5/c1-19-28(31(34)37-22-12-8-5-9-13-22)29(24-15-14-23(35-2)18-27(24)36-3)30-25(32-19)16-21(17-26(30)33)20-10-6-4-7-11-20/h4,6-7,10-11,14-15,18,21-22,29,32H,5,8-9,12-13,16-17H2,1-3H3/t21-,29-/m1/s1. The quantitative estimate of drug-likeness (QED) is 0.494. The molecule has 1 aliphatic heterocycles. The Labute approximate surface area is 218 Å². The first-order valence-electron chi connectivity index (χ1n) is 13.2. The molecule has 2 aromatic rings. The summed E-state index contributed by atoms with van der Waals surface area (Å²) >= 11 is 0. The summed E-state index contributed by atoms with van der Waals surface area (Å²) in [5, 5.41) is 3.45. The number of Topliss-reactive ketones (excluding diaryl/α,β-unsaturated/α-hetero) is 1. The van der Waals surface area contributed by atoms with Crippen LogP contribution in [-0.2, 0) is 14.3 Å². The highest BCUT2D eigenvalue weighted by Crippen LogP contribution is 2.48. The summed E-state index contributed by atoms with van der Waals surface area (Å²) in [5.74, 6) is 0.423. The van der Waals surface area contributed by atoms with Gasteiger partial charge in [-0.25, -0.2) is 4.79 Å². The smallest absolute Gasteiger partial charge is 0.337 e. The number of rotatable bonds is 6. The van der Waals surface area contributed by atoms with Gasteiger partial charge < -0.3 is 19.5 Å². The van der Waals surface area contributed by atoms with Crippen LogP contribution in [0, 0.1) is 0 Å². The number of ether oxygens (including phenoxy) is 3. The number of ketones is 1. The lowest BCUT2D eigenvalue weighted by atomic mass is 9.71. The normalized spacial score (nSPS) is 22.3. The van der Waals surface area contributed by atoms with E-state index in [-0.39, 0.29) is 23.8 Å². The van der Waals surface area contributed by atoms with Crippen LogP contribution in [0.4, 0.5) is 0 Å². The van der Waals surface area contributed by atoms with Crippen LogP contribution in [0.5, 0.6) is 11.5 Å². The molecule has 6 nitrogen and oxygen atoms in total. The Morgan fingerprint density at radius 2 is 1.70 bits per heavy atom. The lowest BCUT2D eigenvalue weighted by Crippen LogP contribution is -2.37. The van der Waals surface area contributed by atoms with Gasteiger partial charge in [-0.15, -0.1) is 0 Å². The first-order chi connectivity index (χ1) is 18.0. The Morgan fingerprint density at radius 1 is 0.946 bits per heavy atom. The van der Waals surface area contributed by atoms with Crippen molar-refractivity contribution < 1.29 is 23.8 Å². The molecule has 0 bridgehead atoms. The molecule has 6 heteroatoms. The van der Waals surface area contributed by atoms with Gasteiger partial charge in [0.1, 0.15) is 17.6 Å². The van der Waals surface area contributed by atoms with Gasteiger partial charge in [0.05, 0.1) is 25.7 Å². The van der Waals surface area contributed by atoms with E-state index in [2.05, 4.69) is 17.4 Å². The van der Waals surface area contributed by atoms with E-state index >= 15 is 0 Å². The second-order valence-electron chi connectivity index (χ2n) is 10.2. The van der Waals surface area contributed by atoms with Crippen LogP contribution in [0.15, 0.2) is 71.1 Å². The average Bonchev–Trinajstić information content (AvgIpc) is 2.92. The molecule has 37 heavy (non-hydrogen) atoms. The molecule has 1 heterocycles. The van der Waals surface area contributed by atoms with Crippen LogP contribution < -0.4 is 14.8 Å². The number of carbonyl (C=O) groups is 2. The molecule has 0 amide bonds. The largest absolute Gasteiger partial charge is 0.497 e. The van der Waals surface area contributed by atoms with Crippen molar-refractivity contribution in [2.75, 3.05) is 14.2 Å². The minimum atomic E-state index is -0.572. The first-order valence-corrected chi connectivity index (χ1v) is 13.2. The van der Waals surface area contributed by atoms with E-state index in [4.69, 9.17) is 14.2 Å². The molecular formula is C31H35NO5. The van der Waals surface area contributed by atoms with Gasteiger partial charge in [-0.3, -0.25) is 4.79 Å². The molecule has 0 aromatic heterocycles. The number of esters is 1. The summed E-state index contributed by atoms with van der Waals surface area (Å²) in [5.41, 5.74) is 4.63. The van der Waals surface area contributed by atoms with Gasteiger partial charge in [-0.1, -0.05) is 42.8 Å². The number of allylic oxidation sites excluding steroid dienone is 3. The number of dihydropyridines is 1. The van der Waals surface area contributed by atoms with Crippen molar-refractivity contribution in [1.29, 1.82) is 0 Å². The zero-order valence-corrected chi connectivity index (χ0v) is 21.8. The topological polar surface area (TPSA) is 73.9 Å². The first kappa shape index (κ1) is 25.1. The summed E-state index contributed by atoms with van der Waals surface area (Å²) in [4.78, 5) is 27.6. The summed E-state index contributed by atoms with van der Waals surface area (Å²) in [6.45, 7) is 1.90. The number of carbonyl (C=O) groups excluding carboxylic acids is 2. The highest BCUT2D eigenvalue weighted by atomic mass is 16.5. The third-order valence-electron chi connectivity index (χ3n) is 7.90. The summed E-state index contributed by atoms with van der Waals surface area (Å²) < 4.78 is 17.2. The van der Waals surface area contributed by atoms with E-state index < -0.39 is 5.92 Å². The Morgan fingerprint density at radius 3 is 2.41 bits per heavy atom. The highest BCUT2D eigenvalue weighted by molar-refractivity contribution is 6.04. The molecule has 3 aliphatic rings. The van der Waals surface area contributed by atoms with Crippen LogP contribution in [0.25, 0.3) is 0 Å². The minimum Gasteiger partial charge on any atom is -0.497 e. The molecule has 5 rings (SSSR count). The van der Waals surface area contributed by atoms with Gasteiger partial charge in [0.15, 0.2) is 5.78 Å². The second-order valence-corrected chi connectivity index (χ2v) is 10.2. The van der Waals surface area contributed by atoms with Gasteiger partial charge >= 0.3 is 5.97 Å². The second kappa shape index (κ2) is 10.8. The summed E-state index contributed by atoms with van der Waals surface area (Å²) in [6.07, 6.45) is 6.08. The summed E-state index contributed by atoms with van der Waals surface area (Å²) in [7, 11) is 3.20. The maximum Gasteiger partial charge on any atom is 0.337 e. The Balaban J connectivity index is 1.58. The molecule has 1 saturated carbocycles. The van der Waals surface area contributed by atoms with E-state index in [0.29, 0.717) is 35.5 Å². The lowest BCUT2D eigenvalue weighted by Gasteiger charge is -2.37. The van der Waals surface area contributed by atoms with Crippen LogP contribution in [0.3, 0.4) is 0 Å². The predicted octanol–water partition coefficient (Wildman–Crippen LogP) is 5.94. The molecule has 0 unspecified atom stereocenters. The number of hydrogen-bond donors (Lipinski definition) is 1. The van der Waals surface area contributed by atoms with Crippen LogP contribution in [-0.4, -0.2) is 32.1 Å². The van der Waals surface area contributed by atoms with Crippen molar-refractivity contribution in [2.45, 2.75) is 69.8 Å². The summed E-state index contributed by atoms with van der Waals surface area (Å²) in [6, 6.07) is 15.7. The minimum absolute atomic E-state index is 0.0425. The van der Waals surface area contributed by atoms with E-state index in [1.807, 2.05) is 37.3 Å². The maximum absolute atomic E-state index is 13.8. The van der Waals surface area contributed by atoms with Gasteiger partial charge in [0.25, 0.3) is 0 Å². The molecule has 2 aromatic carbocycles. The number of benzene rings is 2. The van der Waals surface area contributed by atoms with Gasteiger partial charge in [-0.2, -0.15) is 0 Å². The molecule has 194 valence electrons. The SMILES string of the molecule is COc1ccc([C@@H]2C(C(=O)OC3CCCCC3)=C(C)NC3=C2C(=O)C[C@H](c2ccccc2)C3)c(OC)c1. The molecule has 2 aliphatic carbocycles. The van der Waals surface area contributed by atoms with Gasteiger partial charge in [-0.05, 0) is 56.6 Å². The molecule has 0 spiro atoms. The van der Waals surface area contributed by atoms with E-state index in [1.165, 1.54) is 6.42 Å². The Bertz CT molecular complexity index is 1240. The monoisotopic (exact) mass is 501 g/mol. The highest BCUT2D eigenvalue weighted by Gasteiger charge is 2.43. The zero-order chi connectivity index (χ0) is 25.9. The molecule has 0 saturated heterocycles. The third kappa shape index (κ3) is 5.02. The fourth-order valence-corrected chi connectivity index (χ4v) is 6.04. The van der Waals surface area contributed by atoms with Crippen molar-refractivity contribution >= 4 is 11.8 Å². The molecule has 1 N–H and O–H groups in total. The van der Waals surface area contributed by atoms with E-state index in [0.717, 1.165) is 48.2 Å². The average molecular weight is 502 g/mol. The van der Waals surface area contributed by atoms with Crippen molar-refractivity contribution in [1.82, 2.24) is 5.32 Å². The maximum atomic E-state index is 13.8. The zero-order valence-electron chi connectivity index (χ0n) is 21.8. The van der Waals surface area contributed by atoms with E-state index in [1.54, 1.807) is 20.3 Å². The van der Waals surface area contributed by atoms with Gasteiger partial charge in [0, 0.05) is 35.0 Å². The predicted molar refractivity (Wildman–Crippen MR) is 142 cm³/mol.